The molecule has 2 aromatic carbocycles. The van der Waals surface area contributed by atoms with Crippen molar-refractivity contribution in [1.82, 2.24) is 0 Å². The van der Waals surface area contributed by atoms with Gasteiger partial charge < -0.3 is 0 Å². The van der Waals surface area contributed by atoms with Gasteiger partial charge in [0, 0.05) is 24.8 Å². The van der Waals surface area contributed by atoms with Crippen molar-refractivity contribution in [3.63, 3.8) is 0 Å². The van der Waals surface area contributed by atoms with Crippen LogP contribution in [-0.2, 0) is 0 Å². The van der Waals surface area contributed by atoms with E-state index in [1.807, 2.05) is 17.2 Å². The van der Waals surface area contributed by atoms with E-state index in [0.29, 0.717) is 5.25 Å². The van der Waals surface area contributed by atoms with Gasteiger partial charge >= 0.3 is 0 Å². The lowest BCUT2D eigenvalue weighted by atomic mass is 10.4. The lowest BCUT2D eigenvalue weighted by Crippen LogP contribution is -1.85. The first-order valence-electron chi connectivity index (χ1n) is 6.49. The third-order valence-corrected chi connectivity index (χ3v) is 5.22. The second-order valence-corrected chi connectivity index (χ2v) is 8.33. The van der Waals surface area contributed by atoms with Crippen LogP contribution in [0.25, 0.3) is 0 Å². The molecule has 0 bridgehead atoms. The Kier molecular flexibility index (Phi) is 6.14. The van der Waals surface area contributed by atoms with Gasteiger partial charge in [-0.25, -0.2) is 0 Å². The summed E-state index contributed by atoms with van der Waals surface area (Å²) in [6.45, 7) is 8.17. The Morgan fingerprint density at radius 1 is 0.800 bits per heavy atom. The zero-order valence-electron chi connectivity index (χ0n) is 11.7. The standard InChI is InChI=1S/C17H18S3/c1-4-18-14-5-7-16(8-6-14)20-17-11-9-15(10-12-17)19-13(2)3/h4-13H,1H2,2-3H3. The first kappa shape index (κ1) is 15.6. The predicted octanol–water partition coefficient (Wildman–Crippen LogP) is 6.57. The fourth-order valence-electron chi connectivity index (χ4n) is 1.68. The van der Waals surface area contributed by atoms with E-state index in [1.54, 1.807) is 23.5 Å². The highest BCUT2D eigenvalue weighted by molar-refractivity contribution is 8.02. The van der Waals surface area contributed by atoms with Gasteiger partial charge in [-0.15, -0.1) is 11.8 Å². The number of hydrogen-bond acceptors (Lipinski definition) is 3. The van der Waals surface area contributed by atoms with Gasteiger partial charge in [0.05, 0.1) is 0 Å². The summed E-state index contributed by atoms with van der Waals surface area (Å²) < 4.78 is 0. The molecule has 0 aliphatic carbocycles. The first-order chi connectivity index (χ1) is 9.67. The van der Waals surface area contributed by atoms with Gasteiger partial charge in [0.25, 0.3) is 0 Å². The molecule has 104 valence electrons. The number of thioether (sulfide) groups is 2. The summed E-state index contributed by atoms with van der Waals surface area (Å²) in [4.78, 5) is 5.11. The molecule has 0 N–H and O–H groups in total. The van der Waals surface area contributed by atoms with E-state index >= 15 is 0 Å². The van der Waals surface area contributed by atoms with Crippen LogP contribution in [0.1, 0.15) is 13.8 Å². The molecule has 0 aliphatic rings. The van der Waals surface area contributed by atoms with Crippen molar-refractivity contribution in [2.24, 2.45) is 0 Å². The predicted molar refractivity (Wildman–Crippen MR) is 94.1 cm³/mol. The van der Waals surface area contributed by atoms with Crippen LogP contribution in [-0.4, -0.2) is 5.25 Å². The zero-order chi connectivity index (χ0) is 14.4. The van der Waals surface area contributed by atoms with Crippen LogP contribution in [0.5, 0.6) is 0 Å². The maximum atomic E-state index is 3.73. The molecule has 0 atom stereocenters. The first-order valence-corrected chi connectivity index (χ1v) is 9.07. The van der Waals surface area contributed by atoms with Gasteiger partial charge in [0.1, 0.15) is 0 Å². The summed E-state index contributed by atoms with van der Waals surface area (Å²) in [5.41, 5.74) is 0. The molecule has 0 aromatic heterocycles. The quantitative estimate of drug-likeness (QED) is 0.552. The smallest absolute Gasteiger partial charge is 0.0123 e. The van der Waals surface area contributed by atoms with Crippen molar-refractivity contribution >= 4 is 35.3 Å². The highest BCUT2D eigenvalue weighted by Gasteiger charge is 2.01. The van der Waals surface area contributed by atoms with E-state index in [9.17, 15) is 0 Å². The molecule has 0 fully saturated rings. The van der Waals surface area contributed by atoms with Gasteiger partial charge in [-0.2, -0.15) is 0 Å². The Morgan fingerprint density at radius 2 is 1.25 bits per heavy atom. The summed E-state index contributed by atoms with van der Waals surface area (Å²) in [6.07, 6.45) is 0. The van der Waals surface area contributed by atoms with Gasteiger partial charge in [0.15, 0.2) is 0 Å². The summed E-state index contributed by atoms with van der Waals surface area (Å²) in [5.74, 6) is 0. The molecule has 0 radical (unpaired) electrons. The average Bonchev–Trinajstić information content (AvgIpc) is 2.43. The maximum absolute atomic E-state index is 3.73. The molecular weight excluding hydrogens is 300 g/mol. The molecule has 0 spiro atoms. The van der Waals surface area contributed by atoms with Crippen molar-refractivity contribution in [1.29, 1.82) is 0 Å². The van der Waals surface area contributed by atoms with Gasteiger partial charge in [-0.1, -0.05) is 44.0 Å². The monoisotopic (exact) mass is 318 g/mol. The highest BCUT2D eigenvalue weighted by atomic mass is 32.2. The zero-order valence-corrected chi connectivity index (χ0v) is 14.2. The normalized spacial score (nSPS) is 10.8. The molecule has 0 saturated carbocycles. The Hall–Kier alpha value is -0.770. The molecule has 0 nitrogen and oxygen atoms in total. The summed E-state index contributed by atoms with van der Waals surface area (Å²) in [7, 11) is 0. The molecule has 0 heterocycles. The van der Waals surface area contributed by atoms with Crippen molar-refractivity contribution in [3.8, 4) is 0 Å². The van der Waals surface area contributed by atoms with E-state index in [1.165, 1.54) is 19.6 Å². The second kappa shape index (κ2) is 7.87. The van der Waals surface area contributed by atoms with Gasteiger partial charge in [0.2, 0.25) is 0 Å². The van der Waals surface area contributed by atoms with Crippen LogP contribution in [0.15, 0.2) is 80.1 Å². The largest absolute Gasteiger partial charge is 0.123 e. The van der Waals surface area contributed by atoms with Crippen LogP contribution in [0.4, 0.5) is 0 Å². The summed E-state index contributed by atoms with van der Waals surface area (Å²) in [5, 5.41) is 2.48. The molecule has 0 amide bonds. The third-order valence-electron chi connectivity index (χ3n) is 2.47. The SMILES string of the molecule is C=CSc1ccc(Sc2ccc(SC(C)C)cc2)cc1. The van der Waals surface area contributed by atoms with Crippen LogP contribution >= 0.6 is 35.3 Å². The molecule has 0 unspecified atom stereocenters. The van der Waals surface area contributed by atoms with Crippen LogP contribution in [0, 0.1) is 0 Å². The Labute approximate surface area is 134 Å². The Morgan fingerprint density at radius 3 is 1.70 bits per heavy atom. The molecule has 2 aromatic rings. The number of rotatable bonds is 6. The molecular formula is C17H18S3. The topological polar surface area (TPSA) is 0 Å². The maximum Gasteiger partial charge on any atom is 0.0123 e. The second-order valence-electron chi connectivity index (χ2n) is 4.50. The minimum absolute atomic E-state index is 0.628. The molecule has 3 heteroatoms. The number of hydrogen-bond donors (Lipinski definition) is 0. The minimum atomic E-state index is 0.628. The lowest BCUT2D eigenvalue weighted by molar-refractivity contribution is 1.11. The van der Waals surface area contributed by atoms with Crippen molar-refractivity contribution in [2.75, 3.05) is 0 Å². The Bertz CT molecular complexity index is 541. The minimum Gasteiger partial charge on any atom is -0.123 e. The van der Waals surface area contributed by atoms with Crippen molar-refractivity contribution in [3.05, 3.63) is 60.5 Å². The average molecular weight is 319 g/mol. The van der Waals surface area contributed by atoms with Crippen LogP contribution in [0.3, 0.4) is 0 Å². The van der Waals surface area contributed by atoms with Crippen molar-refractivity contribution < 1.29 is 0 Å². The van der Waals surface area contributed by atoms with E-state index in [0.717, 1.165) is 0 Å². The lowest BCUT2D eigenvalue weighted by Gasteiger charge is -2.06. The van der Waals surface area contributed by atoms with Gasteiger partial charge in [-0.05, 0) is 53.9 Å². The fraction of sp³-hybridized carbons (Fsp3) is 0.176. The van der Waals surface area contributed by atoms with E-state index < -0.39 is 0 Å². The molecule has 0 aliphatic heterocycles. The van der Waals surface area contributed by atoms with Crippen LogP contribution in [0.2, 0.25) is 0 Å². The van der Waals surface area contributed by atoms with E-state index in [-0.39, 0.29) is 0 Å². The van der Waals surface area contributed by atoms with Crippen LogP contribution < -0.4 is 0 Å². The molecule has 0 saturated heterocycles. The molecule has 20 heavy (non-hydrogen) atoms. The summed E-state index contributed by atoms with van der Waals surface area (Å²) in [6, 6.07) is 17.4. The summed E-state index contributed by atoms with van der Waals surface area (Å²) >= 11 is 5.35. The number of benzene rings is 2. The van der Waals surface area contributed by atoms with Gasteiger partial charge in [-0.3, -0.25) is 0 Å². The molecule has 2 rings (SSSR count). The van der Waals surface area contributed by atoms with E-state index in [4.69, 9.17) is 0 Å². The third kappa shape index (κ3) is 4.97. The van der Waals surface area contributed by atoms with Crippen molar-refractivity contribution in [2.45, 2.75) is 38.7 Å². The highest BCUT2D eigenvalue weighted by Crippen LogP contribution is 2.31. The fourth-order valence-corrected chi connectivity index (χ4v) is 3.82. The Balaban J connectivity index is 2.00. The van der Waals surface area contributed by atoms with E-state index in [2.05, 4.69) is 69.0 Å².